The third kappa shape index (κ3) is 4.16. The van der Waals surface area contributed by atoms with Crippen LogP contribution in [0.1, 0.15) is 42.1 Å². The van der Waals surface area contributed by atoms with Crippen molar-refractivity contribution in [2.45, 2.75) is 33.1 Å². The molecule has 0 amide bonds. The van der Waals surface area contributed by atoms with E-state index in [0.29, 0.717) is 12.0 Å². The van der Waals surface area contributed by atoms with Crippen LogP contribution in [0.5, 0.6) is 0 Å². The molecule has 1 aromatic carbocycles. The largest absolute Gasteiger partial charge is 0.468 e. The molecule has 1 atom stereocenters. The first kappa shape index (κ1) is 15.9. The molecule has 104 valence electrons. The summed E-state index contributed by atoms with van der Waals surface area (Å²) in [6.07, 6.45) is 2.32. The average molecular weight is 327 g/mol. The van der Waals surface area contributed by atoms with E-state index in [1.807, 2.05) is 26.0 Å². The van der Waals surface area contributed by atoms with Gasteiger partial charge in [-0.3, -0.25) is 9.59 Å². The van der Waals surface area contributed by atoms with Gasteiger partial charge in [0.15, 0.2) is 5.78 Å². The van der Waals surface area contributed by atoms with Crippen LogP contribution in [0.2, 0.25) is 0 Å². The zero-order chi connectivity index (χ0) is 14.4. The lowest BCUT2D eigenvalue weighted by molar-refractivity contribution is -0.143. The van der Waals surface area contributed by atoms with Gasteiger partial charge in [-0.2, -0.15) is 0 Å². The molecular formula is C15H19BrO3. The molecule has 0 radical (unpaired) electrons. The number of ketones is 1. The molecule has 0 aliphatic rings. The number of esters is 1. The van der Waals surface area contributed by atoms with E-state index >= 15 is 0 Å². The van der Waals surface area contributed by atoms with Gasteiger partial charge in [0.25, 0.3) is 0 Å². The van der Waals surface area contributed by atoms with E-state index in [0.717, 1.165) is 22.9 Å². The summed E-state index contributed by atoms with van der Waals surface area (Å²) in [5.74, 6) is -1.28. The van der Waals surface area contributed by atoms with Crippen molar-refractivity contribution in [3.8, 4) is 0 Å². The summed E-state index contributed by atoms with van der Waals surface area (Å²) in [5.41, 5.74) is 1.46. The third-order valence-corrected chi connectivity index (χ3v) is 3.60. The van der Waals surface area contributed by atoms with Crippen LogP contribution in [0.3, 0.4) is 0 Å². The zero-order valence-electron chi connectivity index (χ0n) is 11.5. The van der Waals surface area contributed by atoms with Gasteiger partial charge < -0.3 is 4.74 Å². The first-order valence-corrected chi connectivity index (χ1v) is 7.18. The number of hydrogen-bond donors (Lipinski definition) is 0. The van der Waals surface area contributed by atoms with Crippen molar-refractivity contribution in [1.82, 2.24) is 0 Å². The molecule has 0 aliphatic carbocycles. The van der Waals surface area contributed by atoms with E-state index in [9.17, 15) is 9.59 Å². The summed E-state index contributed by atoms with van der Waals surface area (Å²) in [5, 5.41) is 0. The minimum absolute atomic E-state index is 0.148. The zero-order valence-corrected chi connectivity index (χ0v) is 13.1. The smallest absolute Gasteiger partial charge is 0.316 e. The van der Waals surface area contributed by atoms with E-state index in [-0.39, 0.29) is 5.78 Å². The Morgan fingerprint density at radius 3 is 2.58 bits per heavy atom. The molecule has 0 bridgehead atoms. The Morgan fingerprint density at radius 2 is 2.05 bits per heavy atom. The van der Waals surface area contributed by atoms with Crippen LogP contribution >= 0.6 is 15.9 Å². The Morgan fingerprint density at radius 1 is 1.37 bits per heavy atom. The molecule has 0 fully saturated rings. The highest BCUT2D eigenvalue weighted by Gasteiger charge is 2.28. The summed E-state index contributed by atoms with van der Waals surface area (Å²) >= 11 is 3.36. The number of carbonyl (C=O) groups excluding carboxylic acids is 2. The van der Waals surface area contributed by atoms with Crippen LogP contribution in [-0.2, 0) is 9.53 Å². The van der Waals surface area contributed by atoms with Gasteiger partial charge in [-0.1, -0.05) is 35.7 Å². The van der Waals surface area contributed by atoms with Gasteiger partial charge >= 0.3 is 5.97 Å². The van der Waals surface area contributed by atoms with Crippen molar-refractivity contribution in [3.05, 3.63) is 33.8 Å². The maximum Gasteiger partial charge on any atom is 0.316 e. The normalized spacial score (nSPS) is 12.0. The standard InChI is InChI=1S/C15H19BrO3/c1-4-5-6-13(15(18)19-3)14(17)12-8-7-11(16)9-10(12)2/h7-9,13H,4-6H2,1-3H3. The van der Waals surface area contributed by atoms with Gasteiger partial charge in [0.2, 0.25) is 0 Å². The lowest BCUT2D eigenvalue weighted by atomic mass is 9.91. The average Bonchev–Trinajstić information content (AvgIpc) is 2.38. The second-order valence-electron chi connectivity index (χ2n) is 4.54. The van der Waals surface area contributed by atoms with Crippen molar-refractivity contribution in [3.63, 3.8) is 0 Å². The minimum Gasteiger partial charge on any atom is -0.468 e. The Labute approximate surface area is 122 Å². The van der Waals surface area contributed by atoms with Crippen LogP contribution in [0, 0.1) is 12.8 Å². The van der Waals surface area contributed by atoms with Gasteiger partial charge in [0.05, 0.1) is 7.11 Å². The van der Waals surface area contributed by atoms with Gasteiger partial charge in [-0.15, -0.1) is 0 Å². The van der Waals surface area contributed by atoms with E-state index in [4.69, 9.17) is 4.74 Å². The van der Waals surface area contributed by atoms with E-state index < -0.39 is 11.9 Å². The highest BCUT2D eigenvalue weighted by Crippen LogP contribution is 2.22. The first-order valence-electron chi connectivity index (χ1n) is 6.39. The highest BCUT2D eigenvalue weighted by molar-refractivity contribution is 9.10. The van der Waals surface area contributed by atoms with Gasteiger partial charge in [0, 0.05) is 10.0 Å². The molecular weight excluding hydrogens is 308 g/mol. The summed E-state index contributed by atoms with van der Waals surface area (Å²) in [7, 11) is 1.32. The molecule has 0 spiro atoms. The molecule has 3 nitrogen and oxygen atoms in total. The molecule has 1 unspecified atom stereocenters. The molecule has 0 N–H and O–H groups in total. The lowest BCUT2D eigenvalue weighted by Crippen LogP contribution is -2.26. The van der Waals surface area contributed by atoms with Crippen molar-refractivity contribution < 1.29 is 14.3 Å². The Bertz CT molecular complexity index is 468. The second kappa shape index (κ2) is 7.43. The molecule has 1 aromatic rings. The molecule has 0 heterocycles. The summed E-state index contributed by atoms with van der Waals surface area (Å²) in [4.78, 5) is 24.2. The van der Waals surface area contributed by atoms with Gasteiger partial charge in [-0.25, -0.2) is 0 Å². The number of methoxy groups -OCH3 is 1. The Balaban J connectivity index is 3.01. The fraction of sp³-hybridized carbons (Fsp3) is 0.467. The van der Waals surface area contributed by atoms with Crippen molar-refractivity contribution >= 4 is 27.7 Å². The van der Waals surface area contributed by atoms with E-state index in [1.165, 1.54) is 7.11 Å². The first-order chi connectivity index (χ1) is 9.01. The highest BCUT2D eigenvalue weighted by atomic mass is 79.9. The quantitative estimate of drug-likeness (QED) is 0.452. The maximum atomic E-state index is 12.5. The third-order valence-electron chi connectivity index (χ3n) is 3.10. The Hall–Kier alpha value is -1.16. The van der Waals surface area contributed by atoms with E-state index in [2.05, 4.69) is 15.9 Å². The SMILES string of the molecule is CCCCC(C(=O)OC)C(=O)c1ccc(Br)cc1C. The van der Waals surface area contributed by atoms with Crippen LogP contribution in [0.4, 0.5) is 0 Å². The number of aryl methyl sites for hydroxylation is 1. The predicted molar refractivity (Wildman–Crippen MR) is 78.2 cm³/mol. The van der Waals surface area contributed by atoms with Crippen molar-refractivity contribution in [2.75, 3.05) is 7.11 Å². The molecule has 0 aliphatic heterocycles. The number of carbonyl (C=O) groups is 2. The molecule has 19 heavy (non-hydrogen) atoms. The molecule has 0 saturated heterocycles. The van der Waals surface area contributed by atoms with Crippen molar-refractivity contribution in [1.29, 1.82) is 0 Å². The number of Topliss-reactive ketones (excluding diaryl/α,β-unsaturated/α-hetero) is 1. The lowest BCUT2D eigenvalue weighted by Gasteiger charge is -2.14. The molecule has 4 heteroatoms. The van der Waals surface area contributed by atoms with Gasteiger partial charge in [-0.05, 0) is 37.1 Å². The van der Waals surface area contributed by atoms with Crippen LogP contribution in [0.15, 0.2) is 22.7 Å². The number of unbranched alkanes of at least 4 members (excludes halogenated alkanes) is 1. The summed E-state index contributed by atoms with van der Waals surface area (Å²) in [6.45, 7) is 3.90. The topological polar surface area (TPSA) is 43.4 Å². The number of rotatable bonds is 6. The Kier molecular flexibility index (Phi) is 6.22. The van der Waals surface area contributed by atoms with Crippen LogP contribution in [0.25, 0.3) is 0 Å². The fourth-order valence-electron chi connectivity index (χ4n) is 2.00. The number of hydrogen-bond acceptors (Lipinski definition) is 3. The molecule has 0 saturated carbocycles. The monoisotopic (exact) mass is 326 g/mol. The number of ether oxygens (including phenoxy) is 1. The minimum atomic E-state index is -0.690. The summed E-state index contributed by atoms with van der Waals surface area (Å²) in [6, 6.07) is 5.44. The molecule has 1 rings (SSSR count). The van der Waals surface area contributed by atoms with Crippen LogP contribution in [-0.4, -0.2) is 18.9 Å². The number of halogens is 1. The molecule has 0 aromatic heterocycles. The van der Waals surface area contributed by atoms with Crippen molar-refractivity contribution in [2.24, 2.45) is 5.92 Å². The summed E-state index contributed by atoms with van der Waals surface area (Å²) < 4.78 is 5.67. The number of benzene rings is 1. The second-order valence-corrected chi connectivity index (χ2v) is 5.46. The fourth-order valence-corrected chi connectivity index (χ4v) is 2.47. The maximum absolute atomic E-state index is 12.5. The van der Waals surface area contributed by atoms with Crippen LogP contribution < -0.4 is 0 Å². The van der Waals surface area contributed by atoms with E-state index in [1.54, 1.807) is 6.07 Å². The predicted octanol–water partition coefficient (Wildman–Crippen LogP) is 3.92. The van der Waals surface area contributed by atoms with Gasteiger partial charge in [0.1, 0.15) is 5.92 Å².